The van der Waals surface area contributed by atoms with Gasteiger partial charge in [0.2, 0.25) is 0 Å². The molecular weight excluding hydrogens is 797 g/mol. The molecule has 0 saturated carbocycles. The van der Waals surface area contributed by atoms with E-state index in [1.165, 1.54) is 30.5 Å². The predicted octanol–water partition coefficient (Wildman–Crippen LogP) is 4.30. The van der Waals surface area contributed by atoms with Crippen molar-refractivity contribution < 1.29 is 48.8 Å². The lowest BCUT2D eigenvalue weighted by Crippen LogP contribution is -2.37. The molecule has 2 atom stereocenters. The summed E-state index contributed by atoms with van der Waals surface area (Å²) in [7, 11) is -0.415. The molecule has 290 valence electrons. The van der Waals surface area contributed by atoms with Gasteiger partial charge in [-0.3, -0.25) is 38.2 Å². The number of carbonyl (C=O) groups is 6. The van der Waals surface area contributed by atoms with E-state index in [1.54, 1.807) is 25.1 Å². The zero-order valence-corrected chi connectivity index (χ0v) is 34.2. The molecule has 0 aliphatic carbocycles. The number of fused-ring (bicyclic) bond motifs is 1. The molecule has 0 radical (unpaired) electrons. The molecule has 1 aromatic carbocycles. The Bertz CT molecular complexity index is 2070. The zero-order chi connectivity index (χ0) is 39.3. The van der Waals surface area contributed by atoms with Gasteiger partial charge in [-0.2, -0.15) is 0 Å². The number of carbonyl (C=O) groups excluding carboxylic acids is 3. The highest BCUT2D eigenvalue weighted by Crippen LogP contribution is 2.47. The van der Waals surface area contributed by atoms with Crippen LogP contribution in [0, 0.1) is 0 Å². The van der Waals surface area contributed by atoms with Gasteiger partial charge in [-0.05, 0) is 93.4 Å². The van der Waals surface area contributed by atoms with Crippen molar-refractivity contribution in [2.75, 3.05) is 56.0 Å². The number of allylic oxidation sites excluding steroid dienone is 1. The molecule has 3 N–H and O–H groups in total. The Labute approximate surface area is 325 Å². The lowest BCUT2D eigenvalue weighted by Gasteiger charge is -2.28. The molecule has 54 heavy (non-hydrogen) atoms. The minimum atomic E-state index is -1.41. The SMILES string of the molecule is CC(C=C1Sc2ccc(C(=O)OC3CP(C)CCCP(C)C3)cc2N1CCCCCC(=O)O)=c1s/c(=C2\SC(=O)N(CC(=O)O)C2=O)n(CC(=O)O)c1=O. The number of thioether (sulfide) groups is 2. The first kappa shape index (κ1) is 41.7. The predicted molar refractivity (Wildman–Crippen MR) is 213 cm³/mol. The quantitative estimate of drug-likeness (QED) is 0.147. The number of unbranched alkanes of at least 4 members (excludes halogenated alkanes) is 2. The van der Waals surface area contributed by atoms with Crippen molar-refractivity contribution in [2.45, 2.75) is 56.6 Å². The number of amides is 2. The van der Waals surface area contributed by atoms with E-state index in [2.05, 4.69) is 13.3 Å². The normalized spacial score (nSPS) is 22.6. The van der Waals surface area contributed by atoms with Crippen molar-refractivity contribution in [1.82, 2.24) is 9.47 Å². The maximum atomic E-state index is 13.7. The number of nitrogens with zero attached hydrogens (tertiary/aromatic N) is 3. The first-order valence-corrected chi connectivity index (χ1v) is 23.9. The van der Waals surface area contributed by atoms with E-state index >= 15 is 0 Å². The van der Waals surface area contributed by atoms with E-state index in [-0.39, 0.29) is 48.4 Å². The van der Waals surface area contributed by atoms with E-state index in [4.69, 9.17) is 9.84 Å². The van der Waals surface area contributed by atoms with Gasteiger partial charge in [-0.25, -0.2) is 4.79 Å². The molecule has 3 aliphatic rings. The number of esters is 1. The minimum Gasteiger partial charge on any atom is -0.481 e. The monoisotopic (exact) mass is 837 g/mol. The smallest absolute Gasteiger partial charge is 0.338 e. The fourth-order valence-corrected chi connectivity index (χ4v) is 13.6. The number of imide groups is 1. The van der Waals surface area contributed by atoms with E-state index < -0.39 is 47.7 Å². The summed E-state index contributed by atoms with van der Waals surface area (Å²) in [5, 5.41) is 27.8. The third-order valence-electron chi connectivity index (χ3n) is 8.83. The van der Waals surface area contributed by atoms with Gasteiger partial charge in [0, 0.05) is 30.2 Å². The molecule has 4 heterocycles. The standard InChI is InChI=1S/C35H41N3O11P2S3/c1-20(29-31(45)37(16-27(41)42)33(53-29)30-32(46)38(17-28(43)44)35(48)54-30)14-25-36(11-6-4-5-8-26(39)40)23-15-21(9-10-24(23)52-25)34(47)49-22-18-50(2)12-7-13-51(3)19-22/h9-10,14-15,22H,4-8,11-13,16-19H2,1-3H3,(H,39,40)(H,41,42)(H,43,44)/b25-14?,29-20?,33-30-. The molecule has 2 aromatic rings. The Hall–Kier alpha value is -3.49. The summed E-state index contributed by atoms with van der Waals surface area (Å²) in [6.45, 7) is 4.99. The van der Waals surface area contributed by atoms with Crippen LogP contribution in [0.5, 0.6) is 0 Å². The lowest BCUT2D eigenvalue weighted by atomic mass is 10.1. The van der Waals surface area contributed by atoms with Gasteiger partial charge in [0.25, 0.3) is 16.7 Å². The second-order valence-corrected chi connectivity index (χ2v) is 21.3. The maximum absolute atomic E-state index is 13.7. The highest BCUT2D eigenvalue weighted by atomic mass is 32.2. The fourth-order valence-electron chi connectivity index (χ4n) is 6.29. The summed E-state index contributed by atoms with van der Waals surface area (Å²) in [4.78, 5) is 90.2. The van der Waals surface area contributed by atoms with Crippen molar-refractivity contribution in [3.05, 3.63) is 54.4 Å². The average Bonchev–Trinajstić information content (AvgIpc) is 3.69. The summed E-state index contributed by atoms with van der Waals surface area (Å²) in [5.41, 5.74) is 0.929. The van der Waals surface area contributed by atoms with Gasteiger partial charge < -0.3 is 25.0 Å². The van der Waals surface area contributed by atoms with Crippen LogP contribution in [0.25, 0.3) is 10.5 Å². The van der Waals surface area contributed by atoms with E-state index in [9.17, 15) is 43.8 Å². The number of thiazole rings is 1. The molecule has 5 rings (SSSR count). The molecule has 1 aromatic heterocycles. The van der Waals surface area contributed by atoms with Crippen molar-refractivity contribution >= 4 is 102 Å². The molecule has 14 nitrogen and oxygen atoms in total. The molecule has 0 spiro atoms. The summed E-state index contributed by atoms with van der Waals surface area (Å²) in [6.07, 6.45) is 8.81. The van der Waals surface area contributed by atoms with Crippen LogP contribution >= 0.6 is 50.7 Å². The molecule has 2 saturated heterocycles. The first-order chi connectivity index (χ1) is 25.6. The van der Waals surface area contributed by atoms with Crippen molar-refractivity contribution in [3.63, 3.8) is 0 Å². The van der Waals surface area contributed by atoms with Crippen LogP contribution in [0.15, 0.2) is 39.0 Å². The van der Waals surface area contributed by atoms with Gasteiger partial charge >= 0.3 is 23.9 Å². The molecule has 0 bridgehead atoms. The van der Waals surface area contributed by atoms with E-state index in [0.29, 0.717) is 58.6 Å². The van der Waals surface area contributed by atoms with Crippen LogP contribution in [0.1, 0.15) is 49.4 Å². The third-order valence-corrected chi connectivity index (χ3v) is 16.6. The minimum absolute atomic E-state index is 0.0424. The van der Waals surface area contributed by atoms with Crippen LogP contribution in [0.4, 0.5) is 10.5 Å². The summed E-state index contributed by atoms with van der Waals surface area (Å²) in [5.74, 6) is -4.95. The number of benzene rings is 1. The van der Waals surface area contributed by atoms with Gasteiger partial charge in [0.1, 0.15) is 28.8 Å². The van der Waals surface area contributed by atoms with Gasteiger partial charge in [-0.15, -0.1) is 27.2 Å². The number of carboxylic acid groups (broad SMARTS) is 3. The number of aliphatic carboxylic acids is 3. The Morgan fingerprint density at radius 3 is 2.24 bits per heavy atom. The molecule has 19 heteroatoms. The van der Waals surface area contributed by atoms with Crippen LogP contribution in [0.3, 0.4) is 0 Å². The summed E-state index contributed by atoms with van der Waals surface area (Å²) >= 11 is 2.70. The highest BCUT2D eigenvalue weighted by Gasteiger charge is 2.38. The molecular formula is C35H41N3O11P2S3. The third kappa shape index (κ3) is 10.2. The van der Waals surface area contributed by atoms with Crippen molar-refractivity contribution in [3.8, 4) is 0 Å². The van der Waals surface area contributed by atoms with Gasteiger partial charge in [0.05, 0.1) is 20.8 Å². The van der Waals surface area contributed by atoms with Crippen molar-refractivity contribution in [2.24, 2.45) is 0 Å². The van der Waals surface area contributed by atoms with Gasteiger partial charge in [0.15, 0.2) is 0 Å². The largest absolute Gasteiger partial charge is 0.481 e. The lowest BCUT2D eigenvalue weighted by molar-refractivity contribution is -0.140. The Morgan fingerprint density at radius 2 is 1.59 bits per heavy atom. The van der Waals surface area contributed by atoms with Crippen molar-refractivity contribution in [1.29, 1.82) is 0 Å². The Balaban J connectivity index is 1.52. The van der Waals surface area contributed by atoms with Crippen LogP contribution < -0.4 is 19.7 Å². The molecule has 3 aliphatic heterocycles. The first-order valence-electron chi connectivity index (χ1n) is 17.2. The van der Waals surface area contributed by atoms with E-state index in [0.717, 1.165) is 38.8 Å². The second-order valence-electron chi connectivity index (χ2n) is 13.2. The Kier molecular flexibility index (Phi) is 14.2. The zero-order valence-electron chi connectivity index (χ0n) is 29.9. The number of carboxylic acids is 3. The number of ether oxygens (including phenoxy) is 1. The summed E-state index contributed by atoms with van der Waals surface area (Å²) < 4.78 is 7.06. The van der Waals surface area contributed by atoms with Crippen LogP contribution in [-0.4, -0.2) is 117 Å². The summed E-state index contributed by atoms with van der Waals surface area (Å²) in [6, 6.07) is 5.39. The number of hydrogen-bond donors (Lipinski definition) is 3. The highest BCUT2D eigenvalue weighted by molar-refractivity contribution is 8.23. The molecule has 2 unspecified atom stereocenters. The molecule has 2 amide bonds. The number of aromatic nitrogens is 1. The number of anilines is 1. The number of hydrogen-bond acceptors (Lipinski definition) is 12. The Morgan fingerprint density at radius 1 is 0.907 bits per heavy atom. The van der Waals surface area contributed by atoms with E-state index in [1.807, 2.05) is 11.0 Å². The maximum Gasteiger partial charge on any atom is 0.338 e. The fraction of sp³-hybridized carbons (Fsp3) is 0.457. The average molecular weight is 838 g/mol. The number of rotatable bonds is 13. The second kappa shape index (κ2) is 18.4. The van der Waals surface area contributed by atoms with Gasteiger partial charge in [-0.1, -0.05) is 18.2 Å². The molecule has 2 fully saturated rings. The topological polar surface area (TPSA) is 201 Å². The van der Waals surface area contributed by atoms with Crippen LogP contribution in [0.2, 0.25) is 0 Å². The van der Waals surface area contributed by atoms with Crippen LogP contribution in [-0.2, 0) is 30.5 Å².